The molecule has 0 bridgehead atoms. The summed E-state index contributed by atoms with van der Waals surface area (Å²) in [6, 6.07) is 1.73. The molecule has 72 valence electrons. The summed E-state index contributed by atoms with van der Waals surface area (Å²) < 4.78 is 25.5. The molecule has 0 aliphatic rings. The predicted octanol–water partition coefficient (Wildman–Crippen LogP) is 1.73. The second kappa shape index (κ2) is 3.70. The standard InChI is InChI=1S/C9H11F2NO/c1-5(4-12)7-2-6(10)3-8(11)9(7)13/h2-3,5,13H,4,12H2,1H3. The highest BCUT2D eigenvalue weighted by atomic mass is 19.1. The van der Waals surface area contributed by atoms with E-state index in [0.717, 1.165) is 6.07 Å². The van der Waals surface area contributed by atoms with Crippen molar-refractivity contribution in [3.63, 3.8) is 0 Å². The minimum atomic E-state index is -0.949. The maximum Gasteiger partial charge on any atom is 0.168 e. The van der Waals surface area contributed by atoms with Gasteiger partial charge < -0.3 is 10.8 Å². The lowest BCUT2D eigenvalue weighted by Gasteiger charge is -2.11. The Hall–Kier alpha value is -1.16. The average molecular weight is 187 g/mol. The first-order valence-corrected chi connectivity index (χ1v) is 3.94. The van der Waals surface area contributed by atoms with Crippen LogP contribution in [0.25, 0.3) is 0 Å². The third-order valence-electron chi connectivity index (χ3n) is 1.94. The molecule has 1 rings (SSSR count). The van der Waals surface area contributed by atoms with Gasteiger partial charge in [0, 0.05) is 11.6 Å². The number of aromatic hydroxyl groups is 1. The van der Waals surface area contributed by atoms with Crippen LogP contribution in [0.2, 0.25) is 0 Å². The van der Waals surface area contributed by atoms with E-state index in [4.69, 9.17) is 5.73 Å². The van der Waals surface area contributed by atoms with Crippen molar-refractivity contribution in [1.82, 2.24) is 0 Å². The monoisotopic (exact) mass is 187 g/mol. The molecule has 1 atom stereocenters. The maximum absolute atomic E-state index is 12.8. The van der Waals surface area contributed by atoms with E-state index >= 15 is 0 Å². The fraction of sp³-hybridized carbons (Fsp3) is 0.333. The first-order chi connectivity index (χ1) is 6.06. The summed E-state index contributed by atoms with van der Waals surface area (Å²) in [6.45, 7) is 1.92. The first-order valence-electron chi connectivity index (χ1n) is 3.94. The van der Waals surface area contributed by atoms with Gasteiger partial charge in [-0.3, -0.25) is 0 Å². The van der Waals surface area contributed by atoms with Crippen LogP contribution in [0.1, 0.15) is 18.4 Å². The second-order valence-corrected chi connectivity index (χ2v) is 2.96. The molecule has 0 aromatic heterocycles. The zero-order valence-corrected chi connectivity index (χ0v) is 7.22. The van der Waals surface area contributed by atoms with Crippen LogP contribution in [0.15, 0.2) is 12.1 Å². The van der Waals surface area contributed by atoms with Crippen LogP contribution >= 0.6 is 0 Å². The molecule has 0 aliphatic heterocycles. The molecule has 0 aliphatic carbocycles. The van der Waals surface area contributed by atoms with Gasteiger partial charge in [0.05, 0.1) is 0 Å². The largest absolute Gasteiger partial charge is 0.505 e. The minimum Gasteiger partial charge on any atom is -0.505 e. The van der Waals surface area contributed by atoms with Crippen LogP contribution in [0.3, 0.4) is 0 Å². The van der Waals surface area contributed by atoms with Crippen LogP contribution in [0, 0.1) is 11.6 Å². The lowest BCUT2D eigenvalue weighted by atomic mass is 10.00. The van der Waals surface area contributed by atoms with Gasteiger partial charge in [-0.25, -0.2) is 8.78 Å². The van der Waals surface area contributed by atoms with E-state index < -0.39 is 17.4 Å². The molecule has 1 unspecified atom stereocenters. The van der Waals surface area contributed by atoms with Gasteiger partial charge in [-0.2, -0.15) is 0 Å². The molecule has 0 amide bonds. The van der Waals surface area contributed by atoms with Gasteiger partial charge in [-0.1, -0.05) is 6.92 Å². The second-order valence-electron chi connectivity index (χ2n) is 2.96. The number of rotatable bonds is 2. The van der Waals surface area contributed by atoms with Crippen molar-refractivity contribution in [3.05, 3.63) is 29.3 Å². The molecule has 0 fully saturated rings. The molecule has 0 heterocycles. The molecule has 4 heteroatoms. The number of nitrogens with two attached hydrogens (primary N) is 1. The molecular formula is C9H11F2NO. The van der Waals surface area contributed by atoms with Gasteiger partial charge >= 0.3 is 0 Å². The first kappa shape index (κ1) is 9.92. The fourth-order valence-electron chi connectivity index (χ4n) is 1.09. The maximum atomic E-state index is 12.8. The third-order valence-corrected chi connectivity index (χ3v) is 1.94. The van der Waals surface area contributed by atoms with Crippen molar-refractivity contribution in [2.75, 3.05) is 6.54 Å². The molecule has 0 spiro atoms. The van der Waals surface area contributed by atoms with Crippen molar-refractivity contribution in [2.24, 2.45) is 5.73 Å². The highest BCUT2D eigenvalue weighted by Gasteiger charge is 2.14. The normalized spacial score (nSPS) is 12.9. The van der Waals surface area contributed by atoms with Gasteiger partial charge in [-0.05, 0) is 18.5 Å². The van der Waals surface area contributed by atoms with E-state index in [9.17, 15) is 13.9 Å². The summed E-state index contributed by atoms with van der Waals surface area (Å²) >= 11 is 0. The van der Waals surface area contributed by atoms with Crippen LogP contribution < -0.4 is 5.73 Å². The Morgan fingerprint density at radius 3 is 2.62 bits per heavy atom. The van der Waals surface area contributed by atoms with Crippen LogP contribution in [-0.4, -0.2) is 11.7 Å². The number of halogens is 2. The molecule has 2 nitrogen and oxygen atoms in total. The number of hydrogen-bond donors (Lipinski definition) is 2. The zero-order valence-electron chi connectivity index (χ0n) is 7.22. The third kappa shape index (κ3) is 1.95. The van der Waals surface area contributed by atoms with Crippen molar-refractivity contribution in [1.29, 1.82) is 0 Å². The van der Waals surface area contributed by atoms with Crippen molar-refractivity contribution >= 4 is 0 Å². The van der Waals surface area contributed by atoms with Crippen LogP contribution in [-0.2, 0) is 0 Å². The lowest BCUT2D eigenvalue weighted by molar-refractivity contribution is 0.417. The summed E-state index contributed by atoms with van der Waals surface area (Å²) in [6.07, 6.45) is 0. The summed E-state index contributed by atoms with van der Waals surface area (Å²) in [5.74, 6) is -2.43. The predicted molar refractivity (Wildman–Crippen MR) is 45.5 cm³/mol. The lowest BCUT2D eigenvalue weighted by Crippen LogP contribution is -2.09. The van der Waals surface area contributed by atoms with E-state index in [2.05, 4.69) is 0 Å². The Morgan fingerprint density at radius 1 is 1.46 bits per heavy atom. The number of benzene rings is 1. The Morgan fingerprint density at radius 2 is 2.08 bits per heavy atom. The van der Waals surface area contributed by atoms with Gasteiger partial charge in [0.2, 0.25) is 0 Å². The molecule has 1 aromatic carbocycles. The van der Waals surface area contributed by atoms with E-state index in [-0.39, 0.29) is 18.0 Å². The smallest absolute Gasteiger partial charge is 0.168 e. The molecule has 0 saturated carbocycles. The number of phenols is 1. The Bertz CT molecular complexity index is 315. The van der Waals surface area contributed by atoms with Crippen molar-refractivity contribution in [3.8, 4) is 5.75 Å². The van der Waals surface area contributed by atoms with E-state index in [1.807, 2.05) is 0 Å². The SMILES string of the molecule is CC(CN)c1cc(F)cc(F)c1O. The summed E-state index contributed by atoms with van der Waals surface area (Å²) in [5, 5.41) is 9.23. The molecule has 13 heavy (non-hydrogen) atoms. The van der Waals surface area contributed by atoms with Crippen molar-refractivity contribution in [2.45, 2.75) is 12.8 Å². The molecule has 0 saturated heterocycles. The summed E-state index contributed by atoms with van der Waals surface area (Å²) in [4.78, 5) is 0. The quantitative estimate of drug-likeness (QED) is 0.740. The van der Waals surface area contributed by atoms with Crippen LogP contribution in [0.4, 0.5) is 8.78 Å². The zero-order chi connectivity index (χ0) is 10.0. The van der Waals surface area contributed by atoms with Gasteiger partial charge in [0.25, 0.3) is 0 Å². The minimum absolute atomic E-state index is 0.208. The number of phenolic OH excluding ortho intramolecular Hbond substituents is 1. The number of hydrogen-bond acceptors (Lipinski definition) is 2. The molecular weight excluding hydrogens is 176 g/mol. The Balaban J connectivity index is 3.20. The van der Waals surface area contributed by atoms with Crippen LogP contribution in [0.5, 0.6) is 5.75 Å². The van der Waals surface area contributed by atoms with Gasteiger partial charge in [-0.15, -0.1) is 0 Å². The van der Waals surface area contributed by atoms with E-state index in [0.29, 0.717) is 6.07 Å². The molecule has 0 radical (unpaired) electrons. The van der Waals surface area contributed by atoms with E-state index in [1.54, 1.807) is 6.92 Å². The van der Waals surface area contributed by atoms with Crippen molar-refractivity contribution < 1.29 is 13.9 Å². The summed E-state index contributed by atoms with van der Waals surface area (Å²) in [7, 11) is 0. The Labute approximate surface area is 75.0 Å². The van der Waals surface area contributed by atoms with Gasteiger partial charge in [0.15, 0.2) is 11.6 Å². The molecule has 1 aromatic rings. The topological polar surface area (TPSA) is 46.2 Å². The fourth-order valence-corrected chi connectivity index (χ4v) is 1.09. The Kier molecular flexibility index (Phi) is 2.83. The highest BCUT2D eigenvalue weighted by molar-refractivity contribution is 5.36. The summed E-state index contributed by atoms with van der Waals surface area (Å²) in [5.41, 5.74) is 5.53. The van der Waals surface area contributed by atoms with Gasteiger partial charge in [0.1, 0.15) is 5.82 Å². The highest BCUT2D eigenvalue weighted by Crippen LogP contribution is 2.28. The van der Waals surface area contributed by atoms with E-state index in [1.165, 1.54) is 0 Å². The average Bonchev–Trinajstić information content (AvgIpc) is 2.10. The molecule has 3 N–H and O–H groups in total.